The average Bonchev–Trinajstić information content (AvgIpc) is 2.91. The smallest absolute Gasteiger partial charge is 0.246 e. The van der Waals surface area contributed by atoms with Crippen molar-refractivity contribution in [1.82, 2.24) is 14.1 Å². The van der Waals surface area contributed by atoms with E-state index in [0.717, 1.165) is 0 Å². The number of aliphatic hydroxyl groups excluding tert-OH is 1. The van der Waals surface area contributed by atoms with Crippen molar-refractivity contribution in [1.29, 1.82) is 0 Å². The van der Waals surface area contributed by atoms with Gasteiger partial charge in [0.05, 0.1) is 23.9 Å². The molecule has 1 saturated carbocycles. The van der Waals surface area contributed by atoms with Gasteiger partial charge in [0.25, 0.3) is 0 Å². The Labute approximate surface area is 119 Å². The summed E-state index contributed by atoms with van der Waals surface area (Å²) in [4.78, 5) is 0.176. The first-order chi connectivity index (χ1) is 9.28. The van der Waals surface area contributed by atoms with Crippen LogP contribution in [0.3, 0.4) is 0 Å². The van der Waals surface area contributed by atoms with E-state index in [1.54, 1.807) is 14.0 Å². The summed E-state index contributed by atoms with van der Waals surface area (Å²) in [6.45, 7) is 1.66. The molecular weight excluding hydrogens is 282 g/mol. The predicted molar refractivity (Wildman–Crippen MR) is 72.7 cm³/mol. The number of likely N-dealkylation sites (N-methyl/N-ethyl adjacent to an activating group) is 1. The van der Waals surface area contributed by atoms with Crippen molar-refractivity contribution in [2.75, 3.05) is 14.2 Å². The Kier molecular flexibility index (Phi) is 4.19. The zero-order valence-electron chi connectivity index (χ0n) is 12.1. The van der Waals surface area contributed by atoms with Crippen LogP contribution in [0.1, 0.15) is 18.5 Å². The third-order valence-electron chi connectivity index (χ3n) is 3.92. The number of hydrogen-bond acceptors (Lipinski definition) is 5. The normalized spacial score (nSPS) is 27.4. The van der Waals surface area contributed by atoms with Crippen LogP contribution in [0.25, 0.3) is 0 Å². The molecule has 1 aliphatic carbocycles. The molecule has 0 unspecified atom stereocenters. The number of aromatic nitrogens is 2. The van der Waals surface area contributed by atoms with Crippen molar-refractivity contribution < 1.29 is 18.3 Å². The van der Waals surface area contributed by atoms with Gasteiger partial charge in [-0.1, -0.05) is 0 Å². The van der Waals surface area contributed by atoms with E-state index in [-0.39, 0.29) is 11.0 Å². The van der Waals surface area contributed by atoms with Crippen LogP contribution in [0.2, 0.25) is 0 Å². The molecule has 0 amide bonds. The molecule has 0 saturated heterocycles. The Morgan fingerprint density at radius 2 is 2.15 bits per heavy atom. The maximum absolute atomic E-state index is 12.6. The van der Waals surface area contributed by atoms with Crippen LogP contribution in [0.15, 0.2) is 11.1 Å². The summed E-state index contributed by atoms with van der Waals surface area (Å²) in [6.07, 6.45) is 1.59. The minimum absolute atomic E-state index is 0.176. The highest BCUT2D eigenvalue weighted by atomic mass is 32.2. The van der Waals surface area contributed by atoms with Gasteiger partial charge < -0.3 is 9.84 Å². The molecule has 20 heavy (non-hydrogen) atoms. The first kappa shape index (κ1) is 15.4. The minimum Gasteiger partial charge on any atom is -0.389 e. The minimum atomic E-state index is -3.66. The molecule has 0 aliphatic heterocycles. The van der Waals surface area contributed by atoms with E-state index in [2.05, 4.69) is 5.10 Å². The molecule has 3 atom stereocenters. The number of hydrogen-bond donors (Lipinski definition) is 1. The summed E-state index contributed by atoms with van der Waals surface area (Å²) < 4.78 is 33.1. The van der Waals surface area contributed by atoms with E-state index >= 15 is 0 Å². The van der Waals surface area contributed by atoms with Gasteiger partial charge in [0.15, 0.2) is 0 Å². The average molecular weight is 303 g/mol. The van der Waals surface area contributed by atoms with Crippen molar-refractivity contribution in [3.8, 4) is 0 Å². The number of aliphatic hydroxyl groups is 1. The molecule has 7 nitrogen and oxygen atoms in total. The van der Waals surface area contributed by atoms with Gasteiger partial charge in [0, 0.05) is 27.4 Å². The van der Waals surface area contributed by atoms with Gasteiger partial charge in [-0.2, -0.15) is 9.40 Å². The van der Waals surface area contributed by atoms with E-state index in [1.165, 1.54) is 29.3 Å². The molecule has 1 N–H and O–H groups in total. The first-order valence-electron chi connectivity index (χ1n) is 6.48. The summed E-state index contributed by atoms with van der Waals surface area (Å²) in [5.74, 6) is 0. The highest BCUT2D eigenvalue weighted by Gasteiger charge is 2.42. The van der Waals surface area contributed by atoms with Crippen molar-refractivity contribution in [3.05, 3.63) is 11.9 Å². The number of methoxy groups -OCH3 is 1. The van der Waals surface area contributed by atoms with Gasteiger partial charge in [-0.05, 0) is 19.8 Å². The van der Waals surface area contributed by atoms with Crippen molar-refractivity contribution in [2.24, 2.45) is 7.05 Å². The molecule has 1 aromatic rings. The second-order valence-electron chi connectivity index (χ2n) is 5.18. The summed E-state index contributed by atoms with van der Waals surface area (Å²) in [6, 6.07) is -0.468. The summed E-state index contributed by atoms with van der Waals surface area (Å²) in [5.41, 5.74) is 0.454. The third kappa shape index (κ3) is 2.48. The maximum atomic E-state index is 12.6. The van der Waals surface area contributed by atoms with Crippen LogP contribution in [0, 0.1) is 6.92 Å². The topological polar surface area (TPSA) is 84.7 Å². The number of aryl methyl sites for hydroxylation is 2. The zero-order valence-corrected chi connectivity index (χ0v) is 13.0. The Morgan fingerprint density at radius 3 is 2.60 bits per heavy atom. The lowest BCUT2D eigenvalue weighted by Crippen LogP contribution is -2.44. The lowest BCUT2D eigenvalue weighted by Gasteiger charge is -2.27. The fraction of sp³-hybridized carbons (Fsp3) is 0.750. The molecule has 1 heterocycles. The number of nitrogens with zero attached hydrogens (tertiary/aromatic N) is 3. The van der Waals surface area contributed by atoms with Crippen molar-refractivity contribution >= 4 is 10.0 Å². The maximum Gasteiger partial charge on any atom is 0.246 e. The van der Waals surface area contributed by atoms with Gasteiger partial charge >= 0.3 is 0 Å². The highest BCUT2D eigenvalue weighted by molar-refractivity contribution is 7.89. The van der Waals surface area contributed by atoms with Gasteiger partial charge in [-0.3, -0.25) is 4.68 Å². The van der Waals surface area contributed by atoms with Crippen LogP contribution >= 0.6 is 0 Å². The fourth-order valence-corrected chi connectivity index (χ4v) is 4.34. The van der Waals surface area contributed by atoms with Gasteiger partial charge in [-0.15, -0.1) is 0 Å². The molecule has 8 heteroatoms. The molecular formula is C12H21N3O4S. The van der Waals surface area contributed by atoms with Crippen LogP contribution in [-0.2, 0) is 21.8 Å². The SMILES string of the molecule is CO[C@@H]1CC[C@@H](N(C)S(=O)(=O)c2cn(C)nc2C)[C@H]1O. The highest BCUT2D eigenvalue weighted by Crippen LogP contribution is 2.30. The molecule has 0 aromatic carbocycles. The van der Waals surface area contributed by atoms with E-state index in [0.29, 0.717) is 18.5 Å². The van der Waals surface area contributed by atoms with E-state index in [9.17, 15) is 13.5 Å². The first-order valence-corrected chi connectivity index (χ1v) is 7.92. The van der Waals surface area contributed by atoms with Crippen LogP contribution < -0.4 is 0 Å². The Morgan fingerprint density at radius 1 is 1.50 bits per heavy atom. The molecule has 0 bridgehead atoms. The molecule has 2 rings (SSSR count). The van der Waals surface area contributed by atoms with Gasteiger partial charge in [-0.25, -0.2) is 8.42 Å². The molecule has 1 aromatic heterocycles. The monoisotopic (exact) mass is 303 g/mol. The van der Waals surface area contributed by atoms with E-state index < -0.39 is 22.2 Å². The summed E-state index contributed by atoms with van der Waals surface area (Å²) >= 11 is 0. The molecule has 114 valence electrons. The molecule has 0 spiro atoms. The summed E-state index contributed by atoms with van der Waals surface area (Å²) in [7, 11) is 1.03. The second-order valence-corrected chi connectivity index (χ2v) is 7.15. The van der Waals surface area contributed by atoms with Crippen LogP contribution in [-0.4, -0.2) is 60.0 Å². The van der Waals surface area contributed by atoms with Crippen LogP contribution in [0.5, 0.6) is 0 Å². The Bertz CT molecular complexity index is 584. The Hall–Kier alpha value is -0.960. The van der Waals surface area contributed by atoms with E-state index in [4.69, 9.17) is 4.74 Å². The lowest BCUT2D eigenvalue weighted by molar-refractivity contribution is -0.00796. The quantitative estimate of drug-likeness (QED) is 0.839. The standard InChI is InChI=1S/C12H21N3O4S/c1-8-11(7-14(2)13-8)20(17,18)15(3)9-5-6-10(19-4)12(9)16/h7,9-10,12,16H,5-6H2,1-4H3/t9-,10-,12-/m1/s1. The molecule has 0 radical (unpaired) electrons. The lowest BCUT2D eigenvalue weighted by atomic mass is 10.2. The van der Waals surface area contributed by atoms with Gasteiger partial charge in [0.1, 0.15) is 4.90 Å². The van der Waals surface area contributed by atoms with Gasteiger partial charge in [0.2, 0.25) is 10.0 Å². The predicted octanol–water partition coefficient (Wildman–Crippen LogP) is -0.113. The van der Waals surface area contributed by atoms with Crippen LogP contribution in [0.4, 0.5) is 0 Å². The summed E-state index contributed by atoms with van der Waals surface area (Å²) in [5, 5.41) is 14.2. The zero-order chi connectivity index (χ0) is 15.1. The second kappa shape index (κ2) is 5.44. The number of sulfonamides is 1. The Balaban J connectivity index is 2.29. The van der Waals surface area contributed by atoms with Crippen molar-refractivity contribution in [2.45, 2.75) is 42.9 Å². The number of ether oxygens (including phenoxy) is 1. The molecule has 1 fully saturated rings. The third-order valence-corrected chi connectivity index (χ3v) is 5.90. The fourth-order valence-electron chi connectivity index (χ4n) is 2.74. The number of rotatable bonds is 4. The van der Waals surface area contributed by atoms with Crippen molar-refractivity contribution in [3.63, 3.8) is 0 Å². The largest absolute Gasteiger partial charge is 0.389 e. The molecule has 1 aliphatic rings. The van der Waals surface area contributed by atoms with E-state index in [1.807, 2.05) is 0 Å².